The molecular formula is C10H16F2O2. The number of hydrogen-bond donors (Lipinski definition) is 1. The normalized spacial score (nSPS) is 45.4. The fourth-order valence-corrected chi connectivity index (χ4v) is 3.27. The maximum Gasteiger partial charge on any atom is 0.251 e. The smallest absolute Gasteiger partial charge is 0.251 e. The number of hydrogen-bond acceptors (Lipinski definition) is 2. The molecule has 0 spiro atoms. The molecule has 2 unspecified atom stereocenters. The third-order valence-electron chi connectivity index (χ3n) is 3.80. The van der Waals surface area contributed by atoms with Crippen LogP contribution in [0.5, 0.6) is 0 Å². The molecule has 2 aliphatic rings. The lowest BCUT2D eigenvalue weighted by Gasteiger charge is -2.34. The molecule has 0 bridgehead atoms. The van der Waals surface area contributed by atoms with Crippen LogP contribution in [0, 0.1) is 5.41 Å². The first-order chi connectivity index (χ1) is 6.43. The Morgan fingerprint density at radius 1 is 1.29 bits per heavy atom. The number of fused-ring (bicyclic) bond motifs is 1. The summed E-state index contributed by atoms with van der Waals surface area (Å²) in [5, 5.41) is 10.2. The second-order valence-corrected chi connectivity index (χ2v) is 4.81. The van der Waals surface area contributed by atoms with Crippen LogP contribution in [0.1, 0.15) is 32.1 Å². The summed E-state index contributed by atoms with van der Waals surface area (Å²) < 4.78 is 31.5. The van der Waals surface area contributed by atoms with E-state index < -0.39 is 16.9 Å². The van der Waals surface area contributed by atoms with E-state index in [1.807, 2.05) is 0 Å². The van der Waals surface area contributed by atoms with E-state index >= 15 is 0 Å². The zero-order chi connectivity index (χ0) is 10.4. The Morgan fingerprint density at radius 2 is 2.00 bits per heavy atom. The van der Waals surface area contributed by atoms with Gasteiger partial charge < -0.3 is 9.84 Å². The summed E-state index contributed by atoms with van der Waals surface area (Å²) in [5.41, 5.74) is -1.88. The largest absolute Gasteiger partial charge is 0.389 e. The number of alkyl halides is 2. The molecular weight excluding hydrogens is 190 g/mol. The number of rotatable bonds is 2. The molecule has 0 saturated heterocycles. The minimum absolute atomic E-state index is 0.218. The van der Waals surface area contributed by atoms with E-state index in [4.69, 9.17) is 4.74 Å². The van der Waals surface area contributed by atoms with E-state index in [1.54, 1.807) is 0 Å². The Labute approximate surface area is 82.3 Å². The van der Waals surface area contributed by atoms with Gasteiger partial charge >= 0.3 is 0 Å². The van der Waals surface area contributed by atoms with Crippen molar-refractivity contribution in [2.45, 2.75) is 43.6 Å². The molecule has 0 aromatic rings. The van der Waals surface area contributed by atoms with Gasteiger partial charge in [0, 0.05) is 25.4 Å². The van der Waals surface area contributed by atoms with Crippen LogP contribution < -0.4 is 0 Å². The number of methoxy groups -OCH3 is 1. The molecule has 2 fully saturated rings. The van der Waals surface area contributed by atoms with Gasteiger partial charge in [0.15, 0.2) is 0 Å². The molecule has 4 heteroatoms. The monoisotopic (exact) mass is 206 g/mol. The van der Waals surface area contributed by atoms with E-state index in [-0.39, 0.29) is 19.4 Å². The highest BCUT2D eigenvalue weighted by Crippen LogP contribution is 2.61. The molecule has 0 aromatic heterocycles. The second kappa shape index (κ2) is 2.89. The predicted octanol–water partition coefficient (Wildman–Crippen LogP) is 1.96. The average Bonchev–Trinajstić information content (AvgIpc) is 2.34. The lowest BCUT2D eigenvalue weighted by Crippen LogP contribution is -2.42. The average molecular weight is 206 g/mol. The molecule has 82 valence electrons. The van der Waals surface area contributed by atoms with Crippen molar-refractivity contribution in [2.24, 2.45) is 5.41 Å². The zero-order valence-corrected chi connectivity index (χ0v) is 8.35. The van der Waals surface area contributed by atoms with Crippen molar-refractivity contribution in [1.29, 1.82) is 0 Å². The first-order valence-electron chi connectivity index (χ1n) is 5.02. The Bertz CT molecular complexity index is 244. The molecule has 2 saturated carbocycles. The van der Waals surface area contributed by atoms with Gasteiger partial charge in [0.05, 0.1) is 12.2 Å². The molecule has 0 aromatic carbocycles. The van der Waals surface area contributed by atoms with E-state index in [0.29, 0.717) is 12.8 Å². The minimum Gasteiger partial charge on any atom is -0.389 e. The zero-order valence-electron chi connectivity index (χ0n) is 8.35. The van der Waals surface area contributed by atoms with Crippen LogP contribution in [0.15, 0.2) is 0 Å². The molecule has 2 rings (SSSR count). The highest BCUT2D eigenvalue weighted by Gasteiger charge is 2.66. The van der Waals surface area contributed by atoms with Gasteiger partial charge in [-0.25, -0.2) is 8.78 Å². The summed E-state index contributed by atoms with van der Waals surface area (Å²) in [7, 11) is 1.50. The van der Waals surface area contributed by atoms with Crippen molar-refractivity contribution < 1.29 is 18.6 Å². The summed E-state index contributed by atoms with van der Waals surface area (Å²) >= 11 is 0. The minimum atomic E-state index is -2.71. The van der Waals surface area contributed by atoms with Crippen molar-refractivity contribution in [3.05, 3.63) is 0 Å². The Hall–Kier alpha value is -0.220. The molecule has 0 amide bonds. The van der Waals surface area contributed by atoms with Gasteiger partial charge in [0.2, 0.25) is 0 Å². The fraction of sp³-hybridized carbons (Fsp3) is 1.00. The summed E-state index contributed by atoms with van der Waals surface area (Å²) in [5.74, 6) is -2.71. The SMILES string of the molecule is COCC12CCCC1(O)CC(F)(F)C2. The van der Waals surface area contributed by atoms with Crippen LogP contribution >= 0.6 is 0 Å². The van der Waals surface area contributed by atoms with Crippen LogP contribution in [0.2, 0.25) is 0 Å². The van der Waals surface area contributed by atoms with Crippen LogP contribution in [0.25, 0.3) is 0 Å². The van der Waals surface area contributed by atoms with E-state index in [9.17, 15) is 13.9 Å². The number of halogens is 2. The summed E-state index contributed by atoms with van der Waals surface area (Å²) in [4.78, 5) is 0. The van der Waals surface area contributed by atoms with Crippen LogP contribution in [0.3, 0.4) is 0 Å². The standard InChI is InChI=1S/C10H16F2O2/c1-14-7-8-3-2-4-9(8,13)6-10(11,12)5-8/h13H,2-7H2,1H3. The third-order valence-corrected chi connectivity index (χ3v) is 3.80. The molecule has 0 radical (unpaired) electrons. The van der Waals surface area contributed by atoms with Crippen LogP contribution in [0.4, 0.5) is 8.78 Å². The maximum atomic E-state index is 13.3. The van der Waals surface area contributed by atoms with E-state index in [0.717, 1.165) is 6.42 Å². The van der Waals surface area contributed by atoms with Gasteiger partial charge in [0.25, 0.3) is 5.92 Å². The Balaban J connectivity index is 2.28. The number of aliphatic hydroxyl groups is 1. The highest BCUT2D eigenvalue weighted by atomic mass is 19.3. The molecule has 1 N–H and O–H groups in total. The summed E-state index contributed by atoms with van der Waals surface area (Å²) in [6.45, 7) is 0.249. The molecule has 2 atom stereocenters. The van der Waals surface area contributed by atoms with Gasteiger partial charge in [-0.05, 0) is 19.3 Å². The van der Waals surface area contributed by atoms with E-state index in [1.165, 1.54) is 7.11 Å². The first-order valence-corrected chi connectivity index (χ1v) is 5.02. The maximum absolute atomic E-state index is 13.3. The topological polar surface area (TPSA) is 29.5 Å². The predicted molar refractivity (Wildman–Crippen MR) is 47.3 cm³/mol. The van der Waals surface area contributed by atoms with E-state index in [2.05, 4.69) is 0 Å². The Kier molecular flexibility index (Phi) is 2.13. The summed E-state index contributed by atoms with van der Waals surface area (Å²) in [6, 6.07) is 0. The second-order valence-electron chi connectivity index (χ2n) is 4.81. The highest BCUT2D eigenvalue weighted by molar-refractivity contribution is 5.13. The van der Waals surface area contributed by atoms with Crippen molar-refractivity contribution >= 4 is 0 Å². The van der Waals surface area contributed by atoms with Crippen LogP contribution in [-0.2, 0) is 4.74 Å². The fourth-order valence-electron chi connectivity index (χ4n) is 3.27. The molecule has 2 aliphatic carbocycles. The molecule has 14 heavy (non-hydrogen) atoms. The first kappa shape index (κ1) is 10.3. The van der Waals surface area contributed by atoms with Gasteiger partial charge in [0.1, 0.15) is 0 Å². The lowest BCUT2D eigenvalue weighted by molar-refractivity contribution is -0.0732. The molecule has 2 nitrogen and oxygen atoms in total. The van der Waals surface area contributed by atoms with Crippen molar-refractivity contribution in [1.82, 2.24) is 0 Å². The quantitative estimate of drug-likeness (QED) is 0.748. The van der Waals surface area contributed by atoms with Crippen molar-refractivity contribution in [3.63, 3.8) is 0 Å². The van der Waals surface area contributed by atoms with Gasteiger partial charge in [-0.15, -0.1) is 0 Å². The van der Waals surface area contributed by atoms with Gasteiger partial charge in [-0.1, -0.05) is 0 Å². The van der Waals surface area contributed by atoms with Crippen LogP contribution in [-0.4, -0.2) is 30.3 Å². The third kappa shape index (κ3) is 1.27. The van der Waals surface area contributed by atoms with Gasteiger partial charge in [-0.2, -0.15) is 0 Å². The lowest BCUT2D eigenvalue weighted by atomic mass is 9.78. The van der Waals surface area contributed by atoms with Crippen molar-refractivity contribution in [3.8, 4) is 0 Å². The Morgan fingerprint density at radius 3 is 2.64 bits per heavy atom. The van der Waals surface area contributed by atoms with Gasteiger partial charge in [-0.3, -0.25) is 0 Å². The van der Waals surface area contributed by atoms with Crippen molar-refractivity contribution in [2.75, 3.05) is 13.7 Å². The molecule has 0 heterocycles. The molecule has 0 aliphatic heterocycles. The number of ether oxygens (including phenoxy) is 1. The summed E-state index contributed by atoms with van der Waals surface area (Å²) in [6.07, 6.45) is 1.38.